The molecule has 1 fully saturated rings. The first-order valence-electron chi connectivity index (χ1n) is 10.6. The summed E-state index contributed by atoms with van der Waals surface area (Å²) in [5, 5.41) is 5.64. The standard InChI is InChI=1S/C22H33N3O2/c1-2-14-25-15-6-7-18-16-17(10-11-20(18)25)12-13-23-21(26)22(27)24-19-8-4-3-5-9-19/h10-11,16,19H,2-9,12-15H2,1H3,(H,23,26)(H,24,27). The van der Waals surface area contributed by atoms with E-state index in [1.54, 1.807) is 0 Å². The second-order valence-corrected chi connectivity index (χ2v) is 7.87. The Morgan fingerprint density at radius 3 is 2.70 bits per heavy atom. The first kappa shape index (κ1) is 19.7. The molecule has 1 saturated carbocycles. The molecule has 0 aromatic heterocycles. The van der Waals surface area contributed by atoms with Gasteiger partial charge in [-0.25, -0.2) is 0 Å². The molecule has 2 N–H and O–H groups in total. The average molecular weight is 372 g/mol. The third-order valence-corrected chi connectivity index (χ3v) is 5.70. The lowest BCUT2D eigenvalue weighted by Crippen LogP contribution is -2.45. The predicted molar refractivity (Wildman–Crippen MR) is 109 cm³/mol. The second kappa shape index (κ2) is 9.77. The minimum Gasteiger partial charge on any atom is -0.371 e. The summed E-state index contributed by atoms with van der Waals surface area (Å²) in [5.74, 6) is -0.991. The van der Waals surface area contributed by atoms with E-state index in [0.29, 0.717) is 6.54 Å². The van der Waals surface area contributed by atoms with Gasteiger partial charge in [-0.15, -0.1) is 0 Å². The maximum absolute atomic E-state index is 12.0. The largest absolute Gasteiger partial charge is 0.371 e. The molecule has 0 spiro atoms. The number of amides is 2. The van der Waals surface area contributed by atoms with Crippen molar-refractivity contribution < 1.29 is 9.59 Å². The number of carbonyl (C=O) groups excluding carboxylic acids is 2. The van der Waals surface area contributed by atoms with Crippen LogP contribution in [0.3, 0.4) is 0 Å². The molecule has 1 aromatic carbocycles. The molecule has 0 bridgehead atoms. The van der Waals surface area contributed by atoms with E-state index in [-0.39, 0.29) is 6.04 Å². The molecule has 2 amide bonds. The molecule has 27 heavy (non-hydrogen) atoms. The van der Waals surface area contributed by atoms with Gasteiger partial charge >= 0.3 is 11.8 Å². The van der Waals surface area contributed by atoms with Crippen molar-refractivity contribution >= 4 is 17.5 Å². The van der Waals surface area contributed by atoms with Gasteiger partial charge in [-0.2, -0.15) is 0 Å². The van der Waals surface area contributed by atoms with Gasteiger partial charge in [0.15, 0.2) is 0 Å². The van der Waals surface area contributed by atoms with Crippen molar-refractivity contribution in [2.75, 3.05) is 24.5 Å². The van der Waals surface area contributed by atoms with Crippen LogP contribution in [0, 0.1) is 0 Å². The summed E-state index contributed by atoms with van der Waals surface area (Å²) in [5.41, 5.74) is 4.00. The van der Waals surface area contributed by atoms with Gasteiger partial charge in [0.2, 0.25) is 0 Å². The molecule has 1 aliphatic heterocycles. The fraction of sp³-hybridized carbons (Fsp3) is 0.636. The zero-order valence-corrected chi connectivity index (χ0v) is 16.6. The molecule has 5 heteroatoms. The topological polar surface area (TPSA) is 61.4 Å². The van der Waals surface area contributed by atoms with Crippen LogP contribution in [0.1, 0.15) is 63.0 Å². The minimum absolute atomic E-state index is 0.170. The highest BCUT2D eigenvalue weighted by Crippen LogP contribution is 2.28. The summed E-state index contributed by atoms with van der Waals surface area (Å²) in [6.07, 6.45) is 9.73. The molecule has 1 aliphatic carbocycles. The van der Waals surface area contributed by atoms with Gasteiger partial charge in [-0.3, -0.25) is 9.59 Å². The highest BCUT2D eigenvalue weighted by molar-refractivity contribution is 6.35. The summed E-state index contributed by atoms with van der Waals surface area (Å²) < 4.78 is 0. The smallest absolute Gasteiger partial charge is 0.309 e. The number of nitrogens with zero attached hydrogens (tertiary/aromatic N) is 1. The van der Waals surface area contributed by atoms with Crippen LogP contribution < -0.4 is 15.5 Å². The first-order chi connectivity index (χ1) is 13.2. The number of benzene rings is 1. The van der Waals surface area contributed by atoms with E-state index in [2.05, 4.69) is 40.7 Å². The van der Waals surface area contributed by atoms with Gasteiger partial charge in [0, 0.05) is 31.4 Å². The minimum atomic E-state index is -0.507. The molecular formula is C22H33N3O2. The van der Waals surface area contributed by atoms with Crippen molar-refractivity contribution in [3.8, 4) is 0 Å². The molecule has 5 nitrogen and oxygen atoms in total. The van der Waals surface area contributed by atoms with Gasteiger partial charge in [0.05, 0.1) is 0 Å². The van der Waals surface area contributed by atoms with E-state index in [1.807, 2.05) is 0 Å². The van der Waals surface area contributed by atoms with Crippen LogP contribution in [0.4, 0.5) is 5.69 Å². The van der Waals surface area contributed by atoms with Crippen LogP contribution in [0.25, 0.3) is 0 Å². The molecule has 0 radical (unpaired) electrons. The van der Waals surface area contributed by atoms with Gasteiger partial charge in [0.25, 0.3) is 0 Å². The summed E-state index contributed by atoms with van der Waals surface area (Å²) in [6, 6.07) is 6.81. The molecule has 0 atom stereocenters. The monoisotopic (exact) mass is 371 g/mol. The van der Waals surface area contributed by atoms with Crippen LogP contribution in [0.5, 0.6) is 0 Å². The summed E-state index contributed by atoms with van der Waals surface area (Å²) in [6.45, 7) is 4.97. The van der Waals surface area contributed by atoms with Crippen LogP contribution in [0.2, 0.25) is 0 Å². The third kappa shape index (κ3) is 5.47. The van der Waals surface area contributed by atoms with Gasteiger partial charge in [-0.05, 0) is 55.7 Å². The Bertz CT molecular complexity index is 653. The van der Waals surface area contributed by atoms with Gasteiger partial charge < -0.3 is 15.5 Å². The average Bonchev–Trinajstić information content (AvgIpc) is 2.69. The van der Waals surface area contributed by atoms with E-state index in [9.17, 15) is 9.59 Å². The number of anilines is 1. The Kier molecular flexibility index (Phi) is 7.13. The van der Waals surface area contributed by atoms with Crippen molar-refractivity contribution in [2.45, 2.75) is 70.8 Å². The predicted octanol–water partition coefficient (Wildman–Crippen LogP) is 2.96. The summed E-state index contributed by atoms with van der Waals surface area (Å²) in [7, 11) is 0. The van der Waals surface area contributed by atoms with Gasteiger partial charge in [-0.1, -0.05) is 38.3 Å². The molecule has 1 aromatic rings. The highest BCUT2D eigenvalue weighted by atomic mass is 16.2. The summed E-state index contributed by atoms with van der Waals surface area (Å²) in [4.78, 5) is 26.5. The molecule has 148 valence electrons. The maximum atomic E-state index is 12.0. The normalized spacial score (nSPS) is 17.3. The molecule has 0 unspecified atom stereocenters. The Balaban J connectivity index is 1.46. The van der Waals surface area contributed by atoms with Crippen LogP contribution >= 0.6 is 0 Å². The SMILES string of the molecule is CCCN1CCCc2cc(CCNC(=O)C(=O)NC3CCCCC3)ccc21. The van der Waals surface area contributed by atoms with Crippen LogP contribution in [-0.4, -0.2) is 37.5 Å². The molecular weight excluding hydrogens is 338 g/mol. The quantitative estimate of drug-likeness (QED) is 0.756. The lowest BCUT2D eigenvalue weighted by molar-refractivity contribution is -0.139. The van der Waals surface area contributed by atoms with E-state index in [1.165, 1.54) is 29.7 Å². The van der Waals surface area contributed by atoms with Gasteiger partial charge in [0.1, 0.15) is 0 Å². The maximum Gasteiger partial charge on any atom is 0.309 e. The number of nitrogens with one attached hydrogen (secondary N) is 2. The Labute approximate surface area is 162 Å². The fourth-order valence-corrected chi connectivity index (χ4v) is 4.28. The molecule has 0 saturated heterocycles. The number of aryl methyl sites for hydroxylation is 1. The lowest BCUT2D eigenvalue weighted by Gasteiger charge is -2.31. The Morgan fingerprint density at radius 2 is 1.93 bits per heavy atom. The third-order valence-electron chi connectivity index (χ3n) is 5.70. The van der Waals surface area contributed by atoms with E-state index in [0.717, 1.165) is 58.0 Å². The Hall–Kier alpha value is -2.04. The first-order valence-corrected chi connectivity index (χ1v) is 10.6. The zero-order chi connectivity index (χ0) is 19.1. The zero-order valence-electron chi connectivity index (χ0n) is 16.6. The number of rotatable bonds is 6. The lowest BCUT2D eigenvalue weighted by atomic mass is 9.95. The van der Waals surface area contributed by atoms with Crippen molar-refractivity contribution in [1.29, 1.82) is 0 Å². The van der Waals surface area contributed by atoms with Crippen molar-refractivity contribution in [3.63, 3.8) is 0 Å². The second-order valence-electron chi connectivity index (χ2n) is 7.87. The number of fused-ring (bicyclic) bond motifs is 1. The van der Waals surface area contributed by atoms with Crippen molar-refractivity contribution in [3.05, 3.63) is 29.3 Å². The van der Waals surface area contributed by atoms with Crippen molar-refractivity contribution in [1.82, 2.24) is 10.6 Å². The van der Waals surface area contributed by atoms with Crippen LogP contribution in [0.15, 0.2) is 18.2 Å². The van der Waals surface area contributed by atoms with E-state index in [4.69, 9.17) is 0 Å². The molecule has 3 rings (SSSR count). The fourth-order valence-electron chi connectivity index (χ4n) is 4.28. The Morgan fingerprint density at radius 1 is 1.11 bits per heavy atom. The van der Waals surface area contributed by atoms with E-state index >= 15 is 0 Å². The number of hydrogen-bond acceptors (Lipinski definition) is 3. The number of hydrogen-bond donors (Lipinski definition) is 2. The van der Waals surface area contributed by atoms with Crippen molar-refractivity contribution in [2.24, 2.45) is 0 Å². The summed E-state index contributed by atoms with van der Waals surface area (Å²) >= 11 is 0. The van der Waals surface area contributed by atoms with E-state index < -0.39 is 11.8 Å². The highest BCUT2D eigenvalue weighted by Gasteiger charge is 2.20. The molecule has 2 aliphatic rings. The molecule has 1 heterocycles. The number of carbonyl (C=O) groups is 2. The van der Waals surface area contributed by atoms with Crippen LogP contribution in [-0.2, 0) is 22.4 Å².